The quantitative estimate of drug-likeness (QED) is 0.748. The summed E-state index contributed by atoms with van der Waals surface area (Å²) in [6, 6.07) is 3.70. The molecule has 15 heavy (non-hydrogen) atoms. The van der Waals surface area contributed by atoms with Crippen molar-refractivity contribution < 1.29 is 9.47 Å². The Morgan fingerprint density at radius 1 is 1.73 bits per heavy atom. The highest BCUT2D eigenvalue weighted by Gasteiger charge is 2.34. The molecule has 0 aliphatic carbocycles. The third-order valence-corrected chi connectivity index (χ3v) is 2.52. The molecule has 1 unspecified atom stereocenters. The molecule has 2 heterocycles. The van der Waals surface area contributed by atoms with Gasteiger partial charge in [-0.1, -0.05) is 0 Å². The normalized spacial score (nSPS) is 24.0. The van der Waals surface area contributed by atoms with Gasteiger partial charge in [-0.15, -0.1) is 0 Å². The Morgan fingerprint density at radius 2 is 2.53 bits per heavy atom. The van der Waals surface area contributed by atoms with Gasteiger partial charge in [0.25, 0.3) is 0 Å². The van der Waals surface area contributed by atoms with Crippen molar-refractivity contribution in [2.75, 3.05) is 13.2 Å². The molecule has 4 nitrogen and oxygen atoms in total. The molecular formula is C11H12N2O2. The number of nitrogens with zero attached hydrogens (tertiary/aromatic N) is 2. The predicted molar refractivity (Wildman–Crippen MR) is 53.4 cm³/mol. The van der Waals surface area contributed by atoms with Crippen LogP contribution in [0.15, 0.2) is 18.5 Å². The molecule has 1 aliphatic rings. The number of pyridine rings is 1. The van der Waals surface area contributed by atoms with Crippen LogP contribution in [-0.2, 0) is 4.74 Å². The van der Waals surface area contributed by atoms with Crippen LogP contribution in [0.5, 0.6) is 5.75 Å². The molecule has 4 heteroatoms. The van der Waals surface area contributed by atoms with Crippen LogP contribution in [0.1, 0.15) is 18.9 Å². The summed E-state index contributed by atoms with van der Waals surface area (Å²) in [4.78, 5) is 3.92. The van der Waals surface area contributed by atoms with Gasteiger partial charge in [-0.25, -0.2) is 0 Å². The summed E-state index contributed by atoms with van der Waals surface area (Å²) in [5.74, 6) is 0.525. The average molecular weight is 204 g/mol. The zero-order valence-corrected chi connectivity index (χ0v) is 8.56. The number of aromatic nitrogens is 1. The lowest BCUT2D eigenvalue weighted by Crippen LogP contribution is -2.45. The van der Waals surface area contributed by atoms with E-state index in [2.05, 4.69) is 11.1 Å². The van der Waals surface area contributed by atoms with Crippen molar-refractivity contribution in [3.63, 3.8) is 0 Å². The molecule has 1 aromatic rings. The highest BCUT2D eigenvalue weighted by molar-refractivity contribution is 5.40. The van der Waals surface area contributed by atoms with Crippen LogP contribution in [0.2, 0.25) is 0 Å². The SMILES string of the molecule is CC1(COc2cnccc2C#N)CCO1. The molecule has 0 N–H and O–H groups in total. The molecule has 1 aliphatic heterocycles. The largest absolute Gasteiger partial charge is 0.488 e. The molecule has 0 radical (unpaired) electrons. The lowest BCUT2D eigenvalue weighted by molar-refractivity contribution is -0.152. The van der Waals surface area contributed by atoms with Crippen molar-refractivity contribution in [1.82, 2.24) is 4.98 Å². The van der Waals surface area contributed by atoms with Gasteiger partial charge in [0.05, 0.1) is 18.4 Å². The second-order valence-corrected chi connectivity index (χ2v) is 3.82. The molecule has 0 spiro atoms. The van der Waals surface area contributed by atoms with E-state index in [1.54, 1.807) is 18.5 Å². The van der Waals surface area contributed by atoms with Crippen molar-refractivity contribution in [2.45, 2.75) is 18.9 Å². The number of hydrogen-bond donors (Lipinski definition) is 0. The average Bonchev–Trinajstić information content (AvgIpc) is 2.24. The van der Waals surface area contributed by atoms with Crippen molar-refractivity contribution in [1.29, 1.82) is 5.26 Å². The molecule has 78 valence electrons. The summed E-state index contributed by atoms with van der Waals surface area (Å²) in [5.41, 5.74) is 0.315. The standard InChI is InChI=1S/C11H12N2O2/c1-11(3-5-15-11)8-14-10-7-13-4-2-9(10)6-12/h2,4,7H,3,5,8H2,1H3. The monoisotopic (exact) mass is 204 g/mol. The number of rotatable bonds is 3. The molecule has 1 fully saturated rings. The Bertz CT molecular complexity index is 394. The Hall–Kier alpha value is -1.60. The number of ether oxygens (including phenoxy) is 2. The summed E-state index contributed by atoms with van der Waals surface area (Å²) in [6.07, 6.45) is 4.13. The van der Waals surface area contributed by atoms with Crippen LogP contribution in [0.4, 0.5) is 0 Å². The van der Waals surface area contributed by atoms with Crippen LogP contribution < -0.4 is 4.74 Å². The van der Waals surface area contributed by atoms with Crippen LogP contribution in [-0.4, -0.2) is 23.8 Å². The van der Waals surface area contributed by atoms with E-state index in [-0.39, 0.29) is 5.60 Å². The number of nitriles is 1. The first-order valence-corrected chi connectivity index (χ1v) is 4.84. The molecule has 1 aromatic heterocycles. The number of hydrogen-bond acceptors (Lipinski definition) is 4. The van der Waals surface area contributed by atoms with Gasteiger partial charge in [0.2, 0.25) is 0 Å². The van der Waals surface area contributed by atoms with E-state index in [0.717, 1.165) is 13.0 Å². The van der Waals surface area contributed by atoms with Crippen LogP contribution >= 0.6 is 0 Å². The molecule has 0 saturated carbocycles. The van der Waals surface area contributed by atoms with E-state index >= 15 is 0 Å². The summed E-state index contributed by atoms with van der Waals surface area (Å²) in [6.45, 7) is 3.25. The van der Waals surface area contributed by atoms with Gasteiger partial charge in [-0.3, -0.25) is 4.98 Å². The fourth-order valence-electron chi connectivity index (χ4n) is 1.38. The lowest BCUT2D eigenvalue weighted by Gasteiger charge is -2.38. The van der Waals surface area contributed by atoms with Crippen molar-refractivity contribution in [3.05, 3.63) is 24.0 Å². The van der Waals surface area contributed by atoms with Gasteiger partial charge in [-0.2, -0.15) is 5.26 Å². The predicted octanol–water partition coefficient (Wildman–Crippen LogP) is 1.51. The Kier molecular flexibility index (Phi) is 2.57. The van der Waals surface area contributed by atoms with Crippen molar-refractivity contribution in [3.8, 4) is 11.8 Å². The van der Waals surface area contributed by atoms with Gasteiger partial charge in [0, 0.05) is 12.6 Å². The van der Waals surface area contributed by atoms with E-state index < -0.39 is 0 Å². The first-order chi connectivity index (χ1) is 7.23. The van der Waals surface area contributed by atoms with Crippen LogP contribution in [0.3, 0.4) is 0 Å². The minimum Gasteiger partial charge on any atom is -0.488 e. The molecule has 0 bridgehead atoms. The third-order valence-electron chi connectivity index (χ3n) is 2.52. The second kappa shape index (κ2) is 3.87. The molecule has 0 amide bonds. The smallest absolute Gasteiger partial charge is 0.155 e. The van der Waals surface area contributed by atoms with Crippen LogP contribution in [0.25, 0.3) is 0 Å². The van der Waals surface area contributed by atoms with Gasteiger partial charge < -0.3 is 9.47 Å². The highest BCUT2D eigenvalue weighted by Crippen LogP contribution is 2.27. The summed E-state index contributed by atoms with van der Waals surface area (Å²) in [7, 11) is 0. The van der Waals surface area contributed by atoms with Gasteiger partial charge in [-0.05, 0) is 13.0 Å². The Balaban J connectivity index is 2.02. The third kappa shape index (κ3) is 2.08. The zero-order valence-electron chi connectivity index (χ0n) is 8.56. The molecule has 1 saturated heterocycles. The topological polar surface area (TPSA) is 55.1 Å². The van der Waals surface area contributed by atoms with Gasteiger partial charge in [0.1, 0.15) is 18.3 Å². The molecule has 2 rings (SSSR count). The minimum atomic E-state index is -0.192. The lowest BCUT2D eigenvalue weighted by atomic mass is 9.99. The van der Waals surface area contributed by atoms with E-state index in [1.165, 1.54) is 0 Å². The van der Waals surface area contributed by atoms with Crippen molar-refractivity contribution in [2.24, 2.45) is 0 Å². The Labute approximate surface area is 88.5 Å². The van der Waals surface area contributed by atoms with E-state index in [1.807, 2.05) is 6.92 Å². The maximum Gasteiger partial charge on any atom is 0.155 e. The van der Waals surface area contributed by atoms with Gasteiger partial charge in [0.15, 0.2) is 5.75 Å². The fraction of sp³-hybridized carbons (Fsp3) is 0.455. The minimum absolute atomic E-state index is 0.192. The van der Waals surface area contributed by atoms with Crippen LogP contribution in [0, 0.1) is 11.3 Å². The maximum absolute atomic E-state index is 8.83. The van der Waals surface area contributed by atoms with E-state index in [4.69, 9.17) is 14.7 Å². The molecule has 0 aromatic carbocycles. The summed E-state index contributed by atoms with van der Waals surface area (Å²) < 4.78 is 10.9. The second-order valence-electron chi connectivity index (χ2n) is 3.82. The van der Waals surface area contributed by atoms with Crippen molar-refractivity contribution >= 4 is 0 Å². The highest BCUT2D eigenvalue weighted by atomic mass is 16.6. The van der Waals surface area contributed by atoms with E-state index in [0.29, 0.717) is 17.9 Å². The first kappa shape index (κ1) is 9.94. The summed E-state index contributed by atoms with van der Waals surface area (Å²) >= 11 is 0. The summed E-state index contributed by atoms with van der Waals surface area (Å²) in [5, 5.41) is 8.83. The van der Waals surface area contributed by atoms with Gasteiger partial charge >= 0.3 is 0 Å². The molecular weight excluding hydrogens is 192 g/mol. The zero-order chi connectivity index (χ0) is 10.7. The maximum atomic E-state index is 8.83. The Morgan fingerprint density at radius 3 is 3.13 bits per heavy atom. The first-order valence-electron chi connectivity index (χ1n) is 4.84. The van der Waals surface area contributed by atoms with E-state index in [9.17, 15) is 0 Å². The molecule has 1 atom stereocenters. The fourth-order valence-corrected chi connectivity index (χ4v) is 1.38.